The number of hydrazone groups is 1. The van der Waals surface area contributed by atoms with E-state index in [4.69, 9.17) is 4.74 Å². The first-order valence-corrected chi connectivity index (χ1v) is 13.6. The lowest BCUT2D eigenvalue weighted by atomic mass is 10.2. The normalized spacial score (nSPS) is 10.9. The monoisotopic (exact) mass is 590 g/mol. The van der Waals surface area contributed by atoms with Crippen molar-refractivity contribution in [3.8, 4) is 5.75 Å². The summed E-state index contributed by atoms with van der Waals surface area (Å²) in [5.41, 5.74) is 5.37. The smallest absolute Gasteiger partial charge is 0.250 e. The van der Waals surface area contributed by atoms with Crippen molar-refractivity contribution in [1.82, 2.24) is 20.2 Å². The van der Waals surface area contributed by atoms with Crippen molar-refractivity contribution in [2.24, 2.45) is 5.10 Å². The van der Waals surface area contributed by atoms with Crippen molar-refractivity contribution >= 4 is 45.5 Å². The van der Waals surface area contributed by atoms with Gasteiger partial charge in [0, 0.05) is 22.3 Å². The Labute approximate surface area is 234 Å². The highest BCUT2D eigenvalue weighted by Crippen LogP contribution is 2.20. The maximum atomic E-state index is 12.4. The summed E-state index contributed by atoms with van der Waals surface area (Å²) in [5.74, 6) is 1.32. The molecule has 4 aromatic rings. The van der Waals surface area contributed by atoms with Gasteiger partial charge in [-0.2, -0.15) is 5.10 Å². The molecule has 0 saturated carbocycles. The second kappa shape index (κ2) is 14.2. The van der Waals surface area contributed by atoms with Crippen LogP contribution in [0.2, 0.25) is 0 Å². The molecule has 10 heteroatoms. The van der Waals surface area contributed by atoms with Gasteiger partial charge in [0.25, 0.3) is 5.91 Å². The van der Waals surface area contributed by atoms with Gasteiger partial charge < -0.3 is 14.6 Å². The number of nitrogens with zero attached hydrogens (tertiary/aromatic N) is 4. The summed E-state index contributed by atoms with van der Waals surface area (Å²) < 4.78 is 8.90. The summed E-state index contributed by atoms with van der Waals surface area (Å²) in [6.07, 6.45) is 3.35. The maximum absolute atomic E-state index is 12.4. The number of benzene rings is 3. The number of allylic oxidation sites excluding steroid dienone is 1. The Bertz CT molecular complexity index is 1390. The zero-order chi connectivity index (χ0) is 26.6. The molecule has 0 unspecified atom stereocenters. The molecule has 1 aromatic heterocycles. The number of carbonyl (C=O) groups excluding carboxylic acids is 1. The standard InChI is InChI=1S/C28H27BrN6O2S/c1-2-15-35-26(18-30-24-12-4-3-5-13-24)32-34-28(35)38-20-27(36)33-31-17-22-10-6-7-14-25(22)37-19-21-9-8-11-23(29)16-21/h2-14,16-17,30H,1,15,18-20H2,(H,33,36)/b31-17+. The Kier molecular flexibility index (Phi) is 10.1. The number of hydrogen-bond acceptors (Lipinski definition) is 7. The van der Waals surface area contributed by atoms with E-state index < -0.39 is 0 Å². The number of halogens is 1. The SMILES string of the molecule is C=CCn1c(CNc2ccccc2)nnc1SCC(=O)N/N=C/c1ccccc1OCc1cccc(Br)c1. The molecule has 0 aliphatic carbocycles. The fourth-order valence-electron chi connectivity index (χ4n) is 3.45. The number of ether oxygens (including phenoxy) is 1. The van der Waals surface area contributed by atoms with E-state index in [1.165, 1.54) is 11.8 Å². The number of nitrogens with one attached hydrogen (secondary N) is 2. The minimum atomic E-state index is -0.254. The molecule has 0 saturated heterocycles. The van der Waals surface area contributed by atoms with E-state index in [9.17, 15) is 4.79 Å². The molecule has 0 fully saturated rings. The van der Waals surface area contributed by atoms with Crippen LogP contribution in [0.5, 0.6) is 5.75 Å². The van der Waals surface area contributed by atoms with Crippen LogP contribution in [0.15, 0.2) is 106 Å². The quantitative estimate of drug-likeness (QED) is 0.0903. The number of anilines is 1. The van der Waals surface area contributed by atoms with Gasteiger partial charge in [-0.05, 0) is 42.0 Å². The van der Waals surface area contributed by atoms with E-state index >= 15 is 0 Å². The van der Waals surface area contributed by atoms with Gasteiger partial charge in [-0.3, -0.25) is 4.79 Å². The first-order valence-electron chi connectivity index (χ1n) is 11.8. The van der Waals surface area contributed by atoms with E-state index in [2.05, 4.69) is 48.6 Å². The van der Waals surface area contributed by atoms with Crippen LogP contribution in [0.25, 0.3) is 0 Å². The predicted molar refractivity (Wildman–Crippen MR) is 155 cm³/mol. The van der Waals surface area contributed by atoms with Crippen molar-refractivity contribution in [2.75, 3.05) is 11.1 Å². The predicted octanol–water partition coefficient (Wildman–Crippen LogP) is 5.66. The van der Waals surface area contributed by atoms with Crippen molar-refractivity contribution in [3.63, 3.8) is 0 Å². The van der Waals surface area contributed by atoms with Crippen LogP contribution in [-0.2, 0) is 24.5 Å². The van der Waals surface area contributed by atoms with Crippen molar-refractivity contribution < 1.29 is 9.53 Å². The number of amides is 1. The number of rotatable bonds is 13. The molecule has 0 radical (unpaired) electrons. The van der Waals surface area contributed by atoms with E-state index in [0.717, 1.165) is 27.1 Å². The molecular weight excluding hydrogens is 564 g/mol. The number of carbonyl (C=O) groups is 1. The number of hydrogen-bond donors (Lipinski definition) is 2. The molecule has 0 bridgehead atoms. The summed E-state index contributed by atoms with van der Waals surface area (Å²) >= 11 is 4.77. The van der Waals surface area contributed by atoms with E-state index in [-0.39, 0.29) is 11.7 Å². The Hall–Kier alpha value is -3.89. The van der Waals surface area contributed by atoms with Crippen LogP contribution in [0.3, 0.4) is 0 Å². The molecule has 194 valence electrons. The Morgan fingerprint density at radius 3 is 2.71 bits per heavy atom. The second-order valence-electron chi connectivity index (χ2n) is 8.06. The molecule has 1 heterocycles. The molecule has 8 nitrogen and oxygen atoms in total. The van der Waals surface area contributed by atoms with Crippen molar-refractivity contribution in [1.29, 1.82) is 0 Å². The minimum absolute atomic E-state index is 0.139. The van der Waals surface area contributed by atoms with Gasteiger partial charge in [-0.25, -0.2) is 5.43 Å². The molecule has 1 amide bonds. The lowest BCUT2D eigenvalue weighted by molar-refractivity contribution is -0.118. The van der Waals surface area contributed by atoms with Gasteiger partial charge in [0.2, 0.25) is 0 Å². The summed E-state index contributed by atoms with van der Waals surface area (Å²) in [6, 6.07) is 25.3. The highest BCUT2D eigenvalue weighted by atomic mass is 79.9. The van der Waals surface area contributed by atoms with Gasteiger partial charge >= 0.3 is 0 Å². The molecule has 38 heavy (non-hydrogen) atoms. The van der Waals surface area contributed by atoms with Crippen LogP contribution < -0.4 is 15.5 Å². The Morgan fingerprint density at radius 2 is 1.89 bits per heavy atom. The second-order valence-corrected chi connectivity index (χ2v) is 9.91. The lowest BCUT2D eigenvalue weighted by Gasteiger charge is -2.09. The average molecular weight is 592 g/mol. The van der Waals surface area contributed by atoms with E-state index in [0.29, 0.717) is 30.6 Å². The van der Waals surface area contributed by atoms with Gasteiger partial charge in [-0.1, -0.05) is 76.2 Å². The fraction of sp³-hybridized carbons (Fsp3) is 0.143. The van der Waals surface area contributed by atoms with Gasteiger partial charge in [0.1, 0.15) is 12.4 Å². The van der Waals surface area contributed by atoms with Crippen LogP contribution >= 0.6 is 27.7 Å². The van der Waals surface area contributed by atoms with E-state index in [1.807, 2.05) is 83.4 Å². The Morgan fingerprint density at radius 1 is 1.08 bits per heavy atom. The minimum Gasteiger partial charge on any atom is -0.488 e. The third-order valence-electron chi connectivity index (χ3n) is 5.26. The zero-order valence-corrected chi connectivity index (χ0v) is 23.0. The third-order valence-corrected chi connectivity index (χ3v) is 6.72. The molecule has 4 rings (SSSR count). The molecule has 3 aromatic carbocycles. The zero-order valence-electron chi connectivity index (χ0n) is 20.6. The van der Waals surface area contributed by atoms with Crippen LogP contribution in [-0.4, -0.2) is 32.6 Å². The molecule has 2 N–H and O–H groups in total. The van der Waals surface area contributed by atoms with Gasteiger partial charge in [0.15, 0.2) is 11.0 Å². The highest BCUT2D eigenvalue weighted by Gasteiger charge is 2.13. The van der Waals surface area contributed by atoms with Crippen LogP contribution in [0.1, 0.15) is 17.0 Å². The lowest BCUT2D eigenvalue weighted by Crippen LogP contribution is -2.20. The highest BCUT2D eigenvalue weighted by molar-refractivity contribution is 9.10. The molecule has 0 aliphatic rings. The molecule has 0 atom stereocenters. The van der Waals surface area contributed by atoms with Crippen molar-refractivity contribution in [2.45, 2.75) is 24.9 Å². The molecule has 0 aliphatic heterocycles. The molecular formula is C28H27BrN6O2S. The number of para-hydroxylation sites is 2. The first kappa shape index (κ1) is 27.2. The van der Waals surface area contributed by atoms with Crippen LogP contribution in [0.4, 0.5) is 5.69 Å². The topological polar surface area (TPSA) is 93.4 Å². The number of thioether (sulfide) groups is 1. The number of aromatic nitrogens is 3. The van der Waals surface area contributed by atoms with Gasteiger partial charge in [-0.15, -0.1) is 16.8 Å². The Balaban J connectivity index is 1.29. The molecule has 0 spiro atoms. The summed E-state index contributed by atoms with van der Waals surface area (Å²) in [4.78, 5) is 12.4. The van der Waals surface area contributed by atoms with Crippen LogP contribution in [0, 0.1) is 0 Å². The maximum Gasteiger partial charge on any atom is 0.250 e. The average Bonchev–Trinajstić information content (AvgIpc) is 3.32. The summed E-state index contributed by atoms with van der Waals surface area (Å²) in [6.45, 7) is 5.29. The summed E-state index contributed by atoms with van der Waals surface area (Å²) in [7, 11) is 0. The van der Waals surface area contributed by atoms with Crippen molar-refractivity contribution in [3.05, 3.63) is 113 Å². The summed E-state index contributed by atoms with van der Waals surface area (Å²) in [5, 5.41) is 16.6. The third kappa shape index (κ3) is 8.06. The van der Waals surface area contributed by atoms with Gasteiger partial charge in [0.05, 0.1) is 18.5 Å². The fourth-order valence-corrected chi connectivity index (χ4v) is 4.65. The van der Waals surface area contributed by atoms with E-state index in [1.54, 1.807) is 12.3 Å². The first-order chi connectivity index (χ1) is 18.6. The largest absolute Gasteiger partial charge is 0.488 e.